The molecule has 84 valence electrons. The highest BCUT2D eigenvalue weighted by Crippen LogP contribution is 2.49. The van der Waals surface area contributed by atoms with Gasteiger partial charge in [0, 0.05) is 12.0 Å². The number of aryl methyl sites for hydroxylation is 1. The van der Waals surface area contributed by atoms with Crippen molar-refractivity contribution in [2.24, 2.45) is 5.92 Å². The van der Waals surface area contributed by atoms with E-state index < -0.39 is 0 Å². The minimum atomic E-state index is -0.326. The first-order valence-corrected chi connectivity index (χ1v) is 6.10. The standard InChI is InChI=1S/C14H12N2O/c15-16-13-11(17)7-9-6-5-8-3-1-2-4-10(8)12(9)14(13)16/h1-4,9,13H,5-7H2. The number of nitrogens with zero attached hydrogens (tertiary/aromatic N) is 2. The van der Waals surface area contributed by atoms with Gasteiger partial charge in [0.15, 0.2) is 0 Å². The molecular formula is C14H12N2O. The molecule has 1 fully saturated rings. The average Bonchev–Trinajstić information content (AvgIpc) is 3.02. The van der Waals surface area contributed by atoms with Crippen molar-refractivity contribution in [2.45, 2.75) is 25.3 Å². The van der Waals surface area contributed by atoms with Gasteiger partial charge >= 0.3 is 0 Å². The molecule has 1 aliphatic heterocycles. The lowest BCUT2D eigenvalue weighted by Gasteiger charge is -2.26. The van der Waals surface area contributed by atoms with Gasteiger partial charge in [0.2, 0.25) is 5.78 Å². The van der Waals surface area contributed by atoms with Crippen LogP contribution < -0.4 is 0 Å². The summed E-state index contributed by atoms with van der Waals surface area (Å²) in [7, 11) is 0. The third-order valence-electron chi connectivity index (χ3n) is 4.19. The lowest BCUT2D eigenvalue weighted by atomic mass is 9.74. The number of carbonyl (C=O) groups is 1. The summed E-state index contributed by atoms with van der Waals surface area (Å²) in [6.07, 6.45) is 2.66. The normalized spacial score (nSPS) is 29.6. The van der Waals surface area contributed by atoms with Crippen molar-refractivity contribution in [1.29, 1.82) is 0 Å². The SMILES string of the molecule is [N-]=[N+]1C2=C3c4ccccc4CCC3CC(=O)C21. The van der Waals surface area contributed by atoms with Gasteiger partial charge in [0.25, 0.3) is 11.7 Å². The molecule has 0 saturated carbocycles. The summed E-state index contributed by atoms with van der Waals surface area (Å²) in [6, 6.07) is 8.02. The van der Waals surface area contributed by atoms with Gasteiger partial charge in [-0.3, -0.25) is 9.49 Å². The number of hydrogen-bond donors (Lipinski definition) is 0. The van der Waals surface area contributed by atoms with Crippen LogP contribution in [-0.4, -0.2) is 16.5 Å². The fraction of sp³-hybridized carbons (Fsp3) is 0.357. The topological polar surface area (TPSA) is 42.4 Å². The molecule has 1 heterocycles. The minimum Gasteiger partial charge on any atom is -0.499 e. The number of benzene rings is 1. The summed E-state index contributed by atoms with van der Waals surface area (Å²) in [4.78, 5) is 11.8. The van der Waals surface area contributed by atoms with Crippen molar-refractivity contribution < 1.29 is 9.49 Å². The second kappa shape index (κ2) is 2.92. The lowest BCUT2D eigenvalue weighted by Crippen LogP contribution is -2.23. The fourth-order valence-electron chi connectivity index (χ4n) is 3.35. The van der Waals surface area contributed by atoms with Gasteiger partial charge < -0.3 is 5.53 Å². The number of Topliss-reactive ketones (excluding diaryl/α,β-unsaturated/α-hetero) is 1. The van der Waals surface area contributed by atoms with Crippen LogP contribution in [0.1, 0.15) is 24.0 Å². The Morgan fingerprint density at radius 3 is 3.00 bits per heavy atom. The van der Waals surface area contributed by atoms with E-state index in [1.165, 1.54) is 16.7 Å². The van der Waals surface area contributed by atoms with E-state index in [-0.39, 0.29) is 11.8 Å². The highest BCUT2D eigenvalue weighted by atomic mass is 16.1. The highest BCUT2D eigenvalue weighted by molar-refractivity contribution is 5.97. The van der Waals surface area contributed by atoms with Crippen molar-refractivity contribution in [3.05, 3.63) is 46.6 Å². The first-order chi connectivity index (χ1) is 8.27. The molecule has 1 saturated heterocycles. The maximum Gasteiger partial charge on any atom is 0.288 e. The zero-order valence-electron chi connectivity index (χ0n) is 9.39. The number of allylic oxidation sites excluding steroid dienone is 1. The van der Waals surface area contributed by atoms with Gasteiger partial charge in [-0.2, -0.15) is 0 Å². The first-order valence-electron chi connectivity index (χ1n) is 6.10. The average molecular weight is 224 g/mol. The quantitative estimate of drug-likeness (QED) is 0.492. The lowest BCUT2D eigenvalue weighted by molar-refractivity contribution is -0.353. The number of ketones is 1. The van der Waals surface area contributed by atoms with E-state index >= 15 is 0 Å². The molecule has 3 aliphatic rings. The predicted octanol–water partition coefficient (Wildman–Crippen LogP) is 2.35. The van der Waals surface area contributed by atoms with E-state index in [0.717, 1.165) is 23.2 Å². The van der Waals surface area contributed by atoms with Gasteiger partial charge in [-0.1, -0.05) is 24.3 Å². The van der Waals surface area contributed by atoms with E-state index in [1.54, 1.807) is 0 Å². The number of rotatable bonds is 0. The molecule has 0 radical (unpaired) electrons. The summed E-state index contributed by atoms with van der Waals surface area (Å²) >= 11 is 0. The van der Waals surface area contributed by atoms with E-state index in [9.17, 15) is 10.3 Å². The van der Waals surface area contributed by atoms with Gasteiger partial charge in [-0.15, -0.1) is 0 Å². The first kappa shape index (κ1) is 9.28. The molecule has 3 heteroatoms. The summed E-state index contributed by atoms with van der Waals surface area (Å²) in [5, 5.41) is 0. The van der Waals surface area contributed by atoms with Crippen LogP contribution in [0.15, 0.2) is 30.0 Å². The Morgan fingerprint density at radius 1 is 1.29 bits per heavy atom. The van der Waals surface area contributed by atoms with E-state index in [0.29, 0.717) is 12.3 Å². The number of fused-ring (bicyclic) bond motifs is 4. The highest BCUT2D eigenvalue weighted by Gasteiger charge is 2.58. The fourth-order valence-corrected chi connectivity index (χ4v) is 3.35. The maximum absolute atomic E-state index is 11.8. The van der Waals surface area contributed by atoms with Crippen LogP contribution in [0, 0.1) is 5.92 Å². The van der Waals surface area contributed by atoms with Crippen LogP contribution >= 0.6 is 0 Å². The van der Waals surface area contributed by atoms with Gasteiger partial charge in [0.1, 0.15) is 0 Å². The monoisotopic (exact) mass is 224 g/mol. The zero-order valence-corrected chi connectivity index (χ0v) is 9.39. The molecule has 1 aromatic rings. The third-order valence-corrected chi connectivity index (χ3v) is 4.19. The summed E-state index contributed by atoms with van der Waals surface area (Å²) < 4.78 is 1.15. The van der Waals surface area contributed by atoms with Crippen molar-refractivity contribution in [2.75, 3.05) is 0 Å². The third kappa shape index (κ3) is 1.09. The van der Waals surface area contributed by atoms with E-state index in [1.807, 2.05) is 6.07 Å². The van der Waals surface area contributed by atoms with Gasteiger partial charge in [-0.05, 0) is 29.9 Å². The molecule has 17 heavy (non-hydrogen) atoms. The van der Waals surface area contributed by atoms with Crippen LogP contribution in [0.5, 0.6) is 0 Å². The van der Waals surface area contributed by atoms with Crippen LogP contribution in [0.3, 0.4) is 0 Å². The van der Waals surface area contributed by atoms with Crippen molar-refractivity contribution >= 4 is 11.4 Å². The molecule has 0 amide bonds. The van der Waals surface area contributed by atoms with Crippen molar-refractivity contribution in [3.63, 3.8) is 0 Å². The van der Waals surface area contributed by atoms with Gasteiger partial charge in [-0.25, -0.2) is 0 Å². The molecule has 1 aromatic carbocycles. The summed E-state index contributed by atoms with van der Waals surface area (Å²) in [6.45, 7) is 0. The molecular weight excluding hydrogens is 212 g/mol. The molecule has 2 aliphatic carbocycles. The van der Waals surface area contributed by atoms with Crippen molar-refractivity contribution in [1.82, 2.24) is 0 Å². The summed E-state index contributed by atoms with van der Waals surface area (Å²) in [5.74, 6) is 0.497. The van der Waals surface area contributed by atoms with Crippen LogP contribution in [0.4, 0.5) is 0 Å². The Bertz CT molecular complexity index is 600. The largest absolute Gasteiger partial charge is 0.499 e. The molecule has 3 nitrogen and oxygen atoms in total. The van der Waals surface area contributed by atoms with Crippen molar-refractivity contribution in [3.8, 4) is 0 Å². The molecule has 4 rings (SSSR count). The summed E-state index contributed by atoms with van der Waals surface area (Å²) in [5.41, 5.74) is 14.4. The Balaban J connectivity index is 1.97. The molecule has 2 unspecified atom stereocenters. The second-order valence-corrected chi connectivity index (χ2v) is 5.11. The Morgan fingerprint density at radius 2 is 2.12 bits per heavy atom. The minimum absolute atomic E-state index is 0.177. The number of carbonyl (C=O) groups excluding carboxylic acids is 1. The Labute approximate surface area is 99.3 Å². The molecule has 0 bridgehead atoms. The smallest absolute Gasteiger partial charge is 0.288 e. The number of hydrogen-bond acceptors (Lipinski definition) is 1. The van der Waals surface area contributed by atoms with Crippen LogP contribution in [-0.2, 0) is 11.2 Å². The van der Waals surface area contributed by atoms with Crippen LogP contribution in [0.2, 0.25) is 0 Å². The maximum atomic E-state index is 11.8. The van der Waals surface area contributed by atoms with Crippen LogP contribution in [0.25, 0.3) is 11.1 Å². The zero-order chi connectivity index (χ0) is 11.6. The van der Waals surface area contributed by atoms with Gasteiger partial charge in [0.05, 0.1) is 0 Å². The van der Waals surface area contributed by atoms with E-state index in [4.69, 9.17) is 0 Å². The van der Waals surface area contributed by atoms with E-state index in [2.05, 4.69) is 18.2 Å². The Hall–Kier alpha value is -1.77. The Kier molecular flexibility index (Phi) is 1.59. The molecule has 0 spiro atoms. The predicted molar refractivity (Wildman–Crippen MR) is 62.2 cm³/mol. The molecule has 2 atom stereocenters. The molecule has 0 N–H and O–H groups in total. The second-order valence-electron chi connectivity index (χ2n) is 5.11. The molecule has 0 aromatic heterocycles.